The highest BCUT2D eigenvalue weighted by Crippen LogP contribution is 2.20. The molecule has 1 aliphatic rings. The molecule has 1 heterocycles. The number of guanidine groups is 1. The highest BCUT2D eigenvalue weighted by Gasteiger charge is 2.24. The third kappa shape index (κ3) is 6.15. The Morgan fingerprint density at radius 1 is 1.32 bits per heavy atom. The number of likely N-dealkylation sites (tertiary alicyclic amines) is 1. The van der Waals surface area contributed by atoms with Crippen LogP contribution in [0.5, 0.6) is 0 Å². The molecule has 0 aliphatic carbocycles. The lowest BCUT2D eigenvalue weighted by atomic mass is 9.99. The smallest absolute Gasteiger partial charge is 0.193 e. The number of aliphatic imine (C=N–C) groups is 1. The van der Waals surface area contributed by atoms with Crippen LogP contribution < -0.4 is 5.32 Å². The van der Waals surface area contributed by atoms with E-state index in [2.05, 4.69) is 61.3 Å². The van der Waals surface area contributed by atoms with E-state index in [0.29, 0.717) is 5.92 Å². The first-order valence-electron chi connectivity index (χ1n) is 8.26. The summed E-state index contributed by atoms with van der Waals surface area (Å²) >= 11 is 0. The highest BCUT2D eigenvalue weighted by molar-refractivity contribution is 14.0. The molecule has 124 valence electrons. The minimum absolute atomic E-state index is 0. The van der Waals surface area contributed by atoms with Gasteiger partial charge in [-0.2, -0.15) is 0 Å². The number of rotatable bonds is 5. The maximum Gasteiger partial charge on any atom is 0.193 e. The molecule has 0 aromatic heterocycles. The number of hydrogen-bond acceptors (Lipinski definition) is 1. The Bertz CT molecular complexity index is 445. The van der Waals surface area contributed by atoms with Crippen molar-refractivity contribution in [2.24, 2.45) is 16.8 Å². The van der Waals surface area contributed by atoms with Crippen molar-refractivity contribution in [1.82, 2.24) is 10.2 Å². The molecule has 1 atom stereocenters. The van der Waals surface area contributed by atoms with E-state index < -0.39 is 0 Å². The molecule has 1 N–H and O–H groups in total. The zero-order valence-corrected chi connectivity index (χ0v) is 16.4. The standard InChI is InChI=1S/C18H29N3.HI/c1-4-19-18(20-13-15(2)3)21-11-10-17(14-21)12-16-8-6-5-7-9-16;/h5-9,15,17H,4,10-14H2,1-3H3,(H,19,20);1H. The molecule has 1 aromatic rings. The van der Waals surface area contributed by atoms with Gasteiger partial charge in [0.05, 0.1) is 0 Å². The predicted molar refractivity (Wildman–Crippen MR) is 106 cm³/mol. The first kappa shape index (κ1) is 19.3. The fourth-order valence-corrected chi connectivity index (χ4v) is 2.83. The lowest BCUT2D eigenvalue weighted by Gasteiger charge is -2.22. The van der Waals surface area contributed by atoms with Gasteiger partial charge in [-0.3, -0.25) is 4.99 Å². The van der Waals surface area contributed by atoms with E-state index in [1.807, 2.05) is 0 Å². The second-order valence-electron chi connectivity index (χ2n) is 6.38. The SMILES string of the molecule is CCNC(=NCC(C)C)N1CCC(Cc2ccccc2)C1.I. The minimum atomic E-state index is 0. The van der Waals surface area contributed by atoms with Gasteiger partial charge in [0.2, 0.25) is 0 Å². The lowest BCUT2D eigenvalue weighted by Crippen LogP contribution is -2.40. The third-order valence-corrected chi connectivity index (χ3v) is 3.89. The summed E-state index contributed by atoms with van der Waals surface area (Å²) in [6.45, 7) is 10.7. The number of nitrogens with zero attached hydrogens (tertiary/aromatic N) is 2. The summed E-state index contributed by atoms with van der Waals surface area (Å²) in [7, 11) is 0. The van der Waals surface area contributed by atoms with Crippen LogP contribution in [0, 0.1) is 11.8 Å². The topological polar surface area (TPSA) is 27.6 Å². The molecular weight excluding hydrogens is 385 g/mol. The van der Waals surface area contributed by atoms with Crippen LogP contribution in [0.15, 0.2) is 35.3 Å². The molecule has 0 saturated carbocycles. The van der Waals surface area contributed by atoms with E-state index in [0.717, 1.165) is 38.1 Å². The van der Waals surface area contributed by atoms with Gasteiger partial charge < -0.3 is 10.2 Å². The number of benzene rings is 1. The Balaban J connectivity index is 0.00000242. The Morgan fingerprint density at radius 2 is 2.05 bits per heavy atom. The van der Waals surface area contributed by atoms with Gasteiger partial charge in [-0.15, -0.1) is 24.0 Å². The van der Waals surface area contributed by atoms with Crippen molar-refractivity contribution in [2.45, 2.75) is 33.6 Å². The Labute approximate surface area is 152 Å². The fraction of sp³-hybridized carbons (Fsp3) is 0.611. The zero-order valence-electron chi connectivity index (χ0n) is 14.1. The summed E-state index contributed by atoms with van der Waals surface area (Å²) in [6, 6.07) is 10.8. The van der Waals surface area contributed by atoms with E-state index >= 15 is 0 Å². The van der Waals surface area contributed by atoms with Crippen LogP contribution in [-0.2, 0) is 6.42 Å². The molecule has 1 aromatic carbocycles. The number of nitrogens with one attached hydrogen (secondary N) is 1. The normalized spacial score (nSPS) is 18.5. The van der Waals surface area contributed by atoms with Gasteiger partial charge in [0.15, 0.2) is 5.96 Å². The molecule has 4 heteroatoms. The maximum absolute atomic E-state index is 4.77. The zero-order chi connectivity index (χ0) is 15.1. The second kappa shape index (κ2) is 10.1. The molecule has 0 radical (unpaired) electrons. The number of hydrogen-bond donors (Lipinski definition) is 1. The van der Waals surface area contributed by atoms with E-state index in [-0.39, 0.29) is 24.0 Å². The number of halogens is 1. The first-order valence-corrected chi connectivity index (χ1v) is 8.26. The van der Waals surface area contributed by atoms with Crippen LogP contribution in [0.3, 0.4) is 0 Å². The summed E-state index contributed by atoms with van der Waals surface area (Å²) in [6.07, 6.45) is 2.45. The van der Waals surface area contributed by atoms with Gasteiger partial charge in [0, 0.05) is 26.2 Å². The van der Waals surface area contributed by atoms with Crippen LogP contribution in [0.25, 0.3) is 0 Å². The fourth-order valence-electron chi connectivity index (χ4n) is 2.83. The van der Waals surface area contributed by atoms with Crippen LogP contribution in [0.4, 0.5) is 0 Å². The second-order valence-corrected chi connectivity index (χ2v) is 6.38. The van der Waals surface area contributed by atoms with Crippen LogP contribution >= 0.6 is 24.0 Å². The van der Waals surface area contributed by atoms with E-state index in [4.69, 9.17) is 4.99 Å². The van der Waals surface area contributed by atoms with Crippen LogP contribution in [-0.4, -0.2) is 37.0 Å². The highest BCUT2D eigenvalue weighted by atomic mass is 127. The molecule has 3 nitrogen and oxygen atoms in total. The van der Waals surface area contributed by atoms with Crippen LogP contribution in [0.2, 0.25) is 0 Å². The molecule has 1 fully saturated rings. The van der Waals surface area contributed by atoms with Gasteiger partial charge >= 0.3 is 0 Å². The summed E-state index contributed by atoms with van der Waals surface area (Å²) in [5.41, 5.74) is 1.45. The minimum Gasteiger partial charge on any atom is -0.357 e. The third-order valence-electron chi connectivity index (χ3n) is 3.89. The summed E-state index contributed by atoms with van der Waals surface area (Å²) in [5.74, 6) is 2.46. The average molecular weight is 415 g/mol. The van der Waals surface area contributed by atoms with Crippen molar-refractivity contribution in [1.29, 1.82) is 0 Å². The van der Waals surface area contributed by atoms with Crippen molar-refractivity contribution >= 4 is 29.9 Å². The largest absolute Gasteiger partial charge is 0.357 e. The molecule has 0 spiro atoms. The molecular formula is C18H30IN3. The van der Waals surface area contributed by atoms with Crippen molar-refractivity contribution in [3.63, 3.8) is 0 Å². The van der Waals surface area contributed by atoms with Crippen molar-refractivity contribution < 1.29 is 0 Å². The van der Waals surface area contributed by atoms with Gasteiger partial charge in [0.1, 0.15) is 0 Å². The van der Waals surface area contributed by atoms with E-state index in [1.165, 1.54) is 18.4 Å². The van der Waals surface area contributed by atoms with Gasteiger partial charge in [-0.25, -0.2) is 0 Å². The quantitative estimate of drug-likeness (QED) is 0.450. The lowest BCUT2D eigenvalue weighted by molar-refractivity contribution is 0.458. The van der Waals surface area contributed by atoms with E-state index in [9.17, 15) is 0 Å². The molecule has 1 aliphatic heterocycles. The molecule has 1 saturated heterocycles. The average Bonchev–Trinajstić information content (AvgIpc) is 2.92. The van der Waals surface area contributed by atoms with Gasteiger partial charge in [0.25, 0.3) is 0 Å². The first-order chi connectivity index (χ1) is 10.2. The van der Waals surface area contributed by atoms with Gasteiger partial charge in [-0.1, -0.05) is 44.2 Å². The van der Waals surface area contributed by atoms with Crippen molar-refractivity contribution in [2.75, 3.05) is 26.2 Å². The van der Waals surface area contributed by atoms with E-state index in [1.54, 1.807) is 0 Å². The summed E-state index contributed by atoms with van der Waals surface area (Å²) in [4.78, 5) is 7.20. The van der Waals surface area contributed by atoms with Crippen molar-refractivity contribution in [3.05, 3.63) is 35.9 Å². The maximum atomic E-state index is 4.77. The Morgan fingerprint density at radius 3 is 2.68 bits per heavy atom. The predicted octanol–water partition coefficient (Wildman–Crippen LogP) is 3.79. The molecule has 2 rings (SSSR count). The molecule has 1 unspecified atom stereocenters. The monoisotopic (exact) mass is 415 g/mol. The molecule has 0 amide bonds. The molecule has 22 heavy (non-hydrogen) atoms. The molecule has 0 bridgehead atoms. The summed E-state index contributed by atoms with van der Waals surface area (Å²) < 4.78 is 0. The van der Waals surface area contributed by atoms with Crippen LogP contribution in [0.1, 0.15) is 32.8 Å². The van der Waals surface area contributed by atoms with Gasteiger partial charge in [-0.05, 0) is 37.2 Å². The Hall–Kier alpha value is -0.780. The Kier molecular flexibility index (Phi) is 8.83. The summed E-state index contributed by atoms with van der Waals surface area (Å²) in [5, 5.41) is 3.44. The van der Waals surface area contributed by atoms with Crippen molar-refractivity contribution in [3.8, 4) is 0 Å².